The summed E-state index contributed by atoms with van der Waals surface area (Å²) in [6.07, 6.45) is 5.12. The van der Waals surface area contributed by atoms with Crippen LogP contribution in [0, 0.1) is 0 Å². The summed E-state index contributed by atoms with van der Waals surface area (Å²) in [4.78, 5) is 16.6. The second kappa shape index (κ2) is 5.99. The van der Waals surface area contributed by atoms with Crippen molar-refractivity contribution >= 4 is 5.91 Å². The van der Waals surface area contributed by atoms with Gasteiger partial charge < -0.3 is 14.6 Å². The van der Waals surface area contributed by atoms with Crippen LogP contribution in [0.25, 0.3) is 0 Å². The highest BCUT2D eigenvalue weighted by atomic mass is 16.5. The minimum atomic E-state index is -0.136. The number of fused-ring (bicyclic) bond motifs is 1. The van der Waals surface area contributed by atoms with Crippen molar-refractivity contribution in [2.75, 3.05) is 7.11 Å². The summed E-state index contributed by atoms with van der Waals surface area (Å²) in [6.45, 7) is 1.40. The number of imidazole rings is 1. The summed E-state index contributed by atoms with van der Waals surface area (Å²) < 4.78 is 7.36. The van der Waals surface area contributed by atoms with Crippen molar-refractivity contribution in [3.8, 4) is 5.75 Å². The fourth-order valence-corrected chi connectivity index (χ4v) is 2.64. The second-order valence-electron chi connectivity index (χ2n) is 5.19. The van der Waals surface area contributed by atoms with Crippen molar-refractivity contribution in [3.63, 3.8) is 0 Å². The molecule has 0 bridgehead atoms. The average molecular weight is 285 g/mol. The Bertz CT molecular complexity index is 625. The highest BCUT2D eigenvalue weighted by molar-refractivity contribution is 5.92. The number of amides is 1. The molecule has 2 aromatic rings. The van der Waals surface area contributed by atoms with Gasteiger partial charge in [-0.15, -0.1) is 0 Å². The Balaban J connectivity index is 1.67. The summed E-state index contributed by atoms with van der Waals surface area (Å²) in [5.41, 5.74) is 1.46. The molecular weight excluding hydrogens is 266 g/mol. The number of aromatic nitrogens is 2. The highest BCUT2D eigenvalue weighted by Gasteiger charge is 2.16. The Morgan fingerprint density at radius 1 is 1.38 bits per heavy atom. The molecule has 0 atom stereocenters. The Hall–Kier alpha value is -2.30. The van der Waals surface area contributed by atoms with E-state index in [1.54, 1.807) is 7.11 Å². The number of carbonyl (C=O) groups excluding carboxylic acids is 1. The second-order valence-corrected chi connectivity index (χ2v) is 5.19. The number of carbonyl (C=O) groups is 1. The smallest absolute Gasteiger partial charge is 0.271 e. The number of nitrogens with one attached hydrogen (secondary N) is 1. The number of para-hydroxylation sites is 1. The van der Waals surface area contributed by atoms with E-state index in [0.717, 1.165) is 42.9 Å². The number of methoxy groups -OCH3 is 1. The SMILES string of the molecule is COc1ccccc1CNC(=O)c1cn2c(n1)CCCC2. The molecule has 0 saturated heterocycles. The van der Waals surface area contributed by atoms with Gasteiger partial charge in [0.1, 0.15) is 17.3 Å². The van der Waals surface area contributed by atoms with Crippen LogP contribution in [0.3, 0.4) is 0 Å². The molecule has 3 rings (SSSR count). The number of hydrogen-bond donors (Lipinski definition) is 1. The Kier molecular flexibility index (Phi) is 3.90. The van der Waals surface area contributed by atoms with Crippen LogP contribution in [0.1, 0.15) is 34.7 Å². The molecule has 0 spiro atoms. The summed E-state index contributed by atoms with van der Waals surface area (Å²) in [7, 11) is 1.63. The van der Waals surface area contributed by atoms with Gasteiger partial charge in [-0.1, -0.05) is 18.2 Å². The van der Waals surface area contributed by atoms with Gasteiger partial charge in [0.15, 0.2) is 0 Å². The lowest BCUT2D eigenvalue weighted by atomic mass is 10.2. The minimum absolute atomic E-state index is 0.136. The molecule has 1 aromatic heterocycles. The fraction of sp³-hybridized carbons (Fsp3) is 0.375. The largest absolute Gasteiger partial charge is 0.496 e. The zero-order chi connectivity index (χ0) is 14.7. The lowest BCUT2D eigenvalue weighted by Gasteiger charge is -2.11. The molecule has 0 radical (unpaired) electrons. The van der Waals surface area contributed by atoms with Gasteiger partial charge in [0.2, 0.25) is 0 Å². The maximum Gasteiger partial charge on any atom is 0.271 e. The van der Waals surface area contributed by atoms with Crippen LogP contribution in [-0.2, 0) is 19.5 Å². The first kappa shape index (κ1) is 13.7. The first-order valence-corrected chi connectivity index (χ1v) is 7.24. The normalized spacial score (nSPS) is 13.6. The Labute approximate surface area is 124 Å². The number of hydrogen-bond acceptors (Lipinski definition) is 3. The molecule has 0 saturated carbocycles. The Morgan fingerprint density at radius 3 is 3.05 bits per heavy atom. The lowest BCUT2D eigenvalue weighted by molar-refractivity contribution is 0.0946. The van der Waals surface area contributed by atoms with Gasteiger partial charge in [0.05, 0.1) is 7.11 Å². The number of aryl methyl sites for hydroxylation is 2. The van der Waals surface area contributed by atoms with E-state index in [0.29, 0.717) is 12.2 Å². The van der Waals surface area contributed by atoms with Crippen molar-refractivity contribution in [2.24, 2.45) is 0 Å². The summed E-state index contributed by atoms with van der Waals surface area (Å²) in [5.74, 6) is 1.66. The van der Waals surface area contributed by atoms with Crippen LogP contribution < -0.4 is 10.1 Å². The Morgan fingerprint density at radius 2 is 2.24 bits per heavy atom. The molecule has 0 aliphatic carbocycles. The number of nitrogens with zero attached hydrogens (tertiary/aromatic N) is 2. The van der Waals surface area contributed by atoms with Gasteiger partial charge in [-0.2, -0.15) is 0 Å². The highest BCUT2D eigenvalue weighted by Crippen LogP contribution is 2.17. The first-order valence-electron chi connectivity index (χ1n) is 7.24. The first-order chi connectivity index (χ1) is 10.3. The van der Waals surface area contributed by atoms with Crippen LogP contribution in [0.5, 0.6) is 5.75 Å². The van der Waals surface area contributed by atoms with E-state index in [1.165, 1.54) is 0 Å². The zero-order valence-electron chi connectivity index (χ0n) is 12.1. The molecule has 0 unspecified atom stereocenters. The molecule has 1 aliphatic heterocycles. The quantitative estimate of drug-likeness (QED) is 0.936. The molecule has 1 aromatic carbocycles. The van der Waals surface area contributed by atoms with Crippen LogP contribution in [0.2, 0.25) is 0 Å². The van der Waals surface area contributed by atoms with E-state index >= 15 is 0 Å². The van der Waals surface area contributed by atoms with E-state index < -0.39 is 0 Å². The molecule has 1 aliphatic rings. The third-order valence-electron chi connectivity index (χ3n) is 3.77. The zero-order valence-corrected chi connectivity index (χ0v) is 12.1. The van der Waals surface area contributed by atoms with Crippen molar-refractivity contribution < 1.29 is 9.53 Å². The van der Waals surface area contributed by atoms with Gasteiger partial charge in [-0.05, 0) is 18.9 Å². The number of rotatable bonds is 4. The van der Waals surface area contributed by atoms with E-state index in [4.69, 9.17) is 4.74 Å². The maximum absolute atomic E-state index is 12.2. The van der Waals surface area contributed by atoms with Crippen LogP contribution in [-0.4, -0.2) is 22.6 Å². The van der Waals surface area contributed by atoms with Crippen molar-refractivity contribution in [2.45, 2.75) is 32.4 Å². The van der Waals surface area contributed by atoms with E-state index in [2.05, 4.69) is 14.9 Å². The maximum atomic E-state index is 12.2. The summed E-state index contributed by atoms with van der Waals surface area (Å²) >= 11 is 0. The minimum Gasteiger partial charge on any atom is -0.496 e. The van der Waals surface area contributed by atoms with Crippen LogP contribution >= 0.6 is 0 Å². The van der Waals surface area contributed by atoms with Gasteiger partial charge >= 0.3 is 0 Å². The molecular formula is C16H19N3O2. The van der Waals surface area contributed by atoms with Gasteiger partial charge in [0.25, 0.3) is 5.91 Å². The van der Waals surface area contributed by atoms with E-state index in [9.17, 15) is 4.79 Å². The van der Waals surface area contributed by atoms with Gasteiger partial charge in [-0.3, -0.25) is 4.79 Å². The topological polar surface area (TPSA) is 56.1 Å². The molecule has 5 heteroatoms. The molecule has 21 heavy (non-hydrogen) atoms. The monoisotopic (exact) mass is 285 g/mol. The summed E-state index contributed by atoms with van der Waals surface area (Å²) in [6, 6.07) is 7.67. The predicted molar refractivity (Wildman–Crippen MR) is 79.3 cm³/mol. The molecule has 5 nitrogen and oxygen atoms in total. The number of ether oxygens (including phenoxy) is 1. The standard InChI is InChI=1S/C16H19N3O2/c1-21-14-7-3-2-6-12(14)10-17-16(20)13-11-19-9-5-4-8-15(19)18-13/h2-3,6-7,11H,4-5,8-10H2,1H3,(H,17,20). The van der Waals surface area contributed by atoms with Crippen LogP contribution in [0.4, 0.5) is 0 Å². The van der Waals surface area contributed by atoms with Gasteiger partial charge in [0, 0.05) is 31.3 Å². The predicted octanol–water partition coefficient (Wildman–Crippen LogP) is 2.16. The van der Waals surface area contributed by atoms with E-state index in [1.807, 2.05) is 30.5 Å². The molecule has 0 fully saturated rings. The third kappa shape index (κ3) is 2.91. The van der Waals surface area contributed by atoms with Crippen LogP contribution in [0.15, 0.2) is 30.5 Å². The average Bonchev–Trinajstić information content (AvgIpc) is 2.97. The number of benzene rings is 1. The third-order valence-corrected chi connectivity index (χ3v) is 3.77. The van der Waals surface area contributed by atoms with Crippen molar-refractivity contribution in [1.29, 1.82) is 0 Å². The fourth-order valence-electron chi connectivity index (χ4n) is 2.64. The molecule has 1 N–H and O–H groups in total. The molecule has 2 heterocycles. The summed E-state index contributed by atoms with van der Waals surface area (Å²) in [5, 5.41) is 2.90. The molecule has 110 valence electrons. The van der Waals surface area contributed by atoms with Crippen molar-refractivity contribution in [1.82, 2.24) is 14.9 Å². The van der Waals surface area contributed by atoms with E-state index in [-0.39, 0.29) is 5.91 Å². The lowest BCUT2D eigenvalue weighted by Crippen LogP contribution is -2.23. The van der Waals surface area contributed by atoms with Crippen molar-refractivity contribution in [3.05, 3.63) is 47.5 Å². The molecule has 1 amide bonds. The van der Waals surface area contributed by atoms with Gasteiger partial charge in [-0.25, -0.2) is 4.98 Å².